The summed E-state index contributed by atoms with van der Waals surface area (Å²) in [7, 11) is 3.32. The van der Waals surface area contributed by atoms with Crippen LogP contribution in [0.15, 0.2) is 47.6 Å². The van der Waals surface area contributed by atoms with Crippen molar-refractivity contribution in [2.45, 2.75) is 0 Å². The minimum Gasteiger partial charge on any atom is -0.465 e. The van der Waals surface area contributed by atoms with Crippen LogP contribution in [-0.2, 0) is 11.8 Å². The van der Waals surface area contributed by atoms with Gasteiger partial charge >= 0.3 is 5.97 Å². The van der Waals surface area contributed by atoms with Gasteiger partial charge in [-0.25, -0.2) is 4.79 Å². The first-order valence-corrected chi connectivity index (χ1v) is 5.54. The number of methoxy groups -OCH3 is 1. The maximum absolute atomic E-state index is 11.3. The van der Waals surface area contributed by atoms with Gasteiger partial charge in [0.05, 0.1) is 30.3 Å². The molecule has 2 rings (SSSR count). The highest BCUT2D eigenvalue weighted by Crippen LogP contribution is 2.13. The van der Waals surface area contributed by atoms with E-state index in [9.17, 15) is 4.79 Å². The van der Waals surface area contributed by atoms with Crippen molar-refractivity contribution in [1.82, 2.24) is 4.57 Å². The number of carbonyl (C=O) groups is 1. The molecule has 1 aromatic heterocycles. The van der Waals surface area contributed by atoms with Crippen molar-refractivity contribution in [2.75, 3.05) is 7.11 Å². The Bertz CT molecular complexity index is 568. The van der Waals surface area contributed by atoms with Crippen LogP contribution in [0.3, 0.4) is 0 Å². The fraction of sp³-hybridized carbons (Fsp3) is 0.143. The molecule has 0 N–H and O–H groups in total. The van der Waals surface area contributed by atoms with Crippen LogP contribution in [0, 0.1) is 0 Å². The molecular formula is C14H14N2O2. The molecule has 0 fully saturated rings. The van der Waals surface area contributed by atoms with E-state index in [0.717, 1.165) is 11.4 Å². The van der Waals surface area contributed by atoms with Gasteiger partial charge in [-0.15, -0.1) is 0 Å². The zero-order valence-corrected chi connectivity index (χ0v) is 10.3. The van der Waals surface area contributed by atoms with E-state index in [4.69, 9.17) is 0 Å². The molecule has 4 nitrogen and oxygen atoms in total. The second kappa shape index (κ2) is 5.31. The molecule has 0 atom stereocenters. The molecule has 1 heterocycles. The van der Waals surface area contributed by atoms with Gasteiger partial charge in [-0.2, -0.15) is 0 Å². The summed E-state index contributed by atoms with van der Waals surface area (Å²) in [6.45, 7) is 0. The first-order chi connectivity index (χ1) is 8.70. The summed E-state index contributed by atoms with van der Waals surface area (Å²) in [6, 6.07) is 10.9. The SMILES string of the molecule is COC(=O)c1ccc(N=Cc2cccn2C)cc1. The monoisotopic (exact) mass is 242 g/mol. The van der Waals surface area contributed by atoms with Crippen LogP contribution in [0.5, 0.6) is 0 Å². The Morgan fingerprint density at radius 3 is 2.56 bits per heavy atom. The molecule has 1 aromatic carbocycles. The average molecular weight is 242 g/mol. The van der Waals surface area contributed by atoms with Gasteiger partial charge in [-0.3, -0.25) is 4.99 Å². The van der Waals surface area contributed by atoms with Crippen LogP contribution in [-0.4, -0.2) is 23.9 Å². The third-order valence-electron chi connectivity index (χ3n) is 2.62. The number of ether oxygens (including phenoxy) is 1. The van der Waals surface area contributed by atoms with Crippen molar-refractivity contribution in [3.8, 4) is 0 Å². The summed E-state index contributed by atoms with van der Waals surface area (Å²) in [6.07, 6.45) is 3.74. The maximum Gasteiger partial charge on any atom is 0.337 e. The number of aromatic nitrogens is 1. The van der Waals surface area contributed by atoms with E-state index in [1.807, 2.05) is 29.9 Å². The van der Waals surface area contributed by atoms with Crippen molar-refractivity contribution in [2.24, 2.45) is 12.0 Å². The van der Waals surface area contributed by atoms with E-state index < -0.39 is 0 Å². The Hall–Kier alpha value is -2.36. The van der Waals surface area contributed by atoms with Gasteiger partial charge in [-0.05, 0) is 36.4 Å². The fourth-order valence-corrected chi connectivity index (χ4v) is 1.55. The van der Waals surface area contributed by atoms with Crippen LogP contribution < -0.4 is 0 Å². The molecule has 92 valence electrons. The number of benzene rings is 1. The lowest BCUT2D eigenvalue weighted by atomic mass is 10.2. The van der Waals surface area contributed by atoms with Gasteiger partial charge in [-0.1, -0.05) is 0 Å². The smallest absolute Gasteiger partial charge is 0.337 e. The van der Waals surface area contributed by atoms with E-state index in [0.29, 0.717) is 5.56 Å². The molecule has 0 saturated heterocycles. The van der Waals surface area contributed by atoms with Crippen LogP contribution in [0.25, 0.3) is 0 Å². The molecule has 18 heavy (non-hydrogen) atoms. The summed E-state index contributed by atoms with van der Waals surface area (Å²) in [5.74, 6) is -0.340. The second-order valence-corrected chi connectivity index (χ2v) is 3.84. The van der Waals surface area contributed by atoms with E-state index in [1.165, 1.54) is 7.11 Å². The average Bonchev–Trinajstić information content (AvgIpc) is 2.81. The highest BCUT2D eigenvalue weighted by Gasteiger charge is 2.03. The molecule has 0 saturated carbocycles. The molecule has 0 unspecified atom stereocenters. The van der Waals surface area contributed by atoms with Crippen molar-refractivity contribution >= 4 is 17.9 Å². The van der Waals surface area contributed by atoms with Crippen LogP contribution in [0.4, 0.5) is 5.69 Å². The fourth-order valence-electron chi connectivity index (χ4n) is 1.55. The first-order valence-electron chi connectivity index (χ1n) is 5.54. The maximum atomic E-state index is 11.3. The Balaban J connectivity index is 2.14. The molecule has 0 amide bonds. The molecule has 0 radical (unpaired) electrons. The van der Waals surface area contributed by atoms with Crippen LogP contribution in [0.2, 0.25) is 0 Å². The topological polar surface area (TPSA) is 43.6 Å². The summed E-state index contributed by atoms with van der Waals surface area (Å²) < 4.78 is 6.61. The lowest BCUT2D eigenvalue weighted by molar-refractivity contribution is 0.0601. The minimum atomic E-state index is -0.340. The van der Waals surface area contributed by atoms with E-state index >= 15 is 0 Å². The number of hydrogen-bond acceptors (Lipinski definition) is 3. The normalized spacial score (nSPS) is 10.8. The van der Waals surface area contributed by atoms with E-state index in [1.54, 1.807) is 30.5 Å². The highest BCUT2D eigenvalue weighted by atomic mass is 16.5. The molecule has 2 aromatic rings. The third kappa shape index (κ3) is 2.66. The molecule has 0 aliphatic rings. The van der Waals surface area contributed by atoms with Crippen molar-refractivity contribution in [3.05, 3.63) is 53.9 Å². The van der Waals surface area contributed by atoms with Crippen molar-refractivity contribution in [1.29, 1.82) is 0 Å². The minimum absolute atomic E-state index is 0.340. The zero-order chi connectivity index (χ0) is 13.0. The van der Waals surface area contributed by atoms with Crippen molar-refractivity contribution < 1.29 is 9.53 Å². The summed E-state index contributed by atoms with van der Waals surface area (Å²) in [5, 5.41) is 0. The molecule has 0 spiro atoms. The summed E-state index contributed by atoms with van der Waals surface area (Å²) in [4.78, 5) is 15.6. The largest absolute Gasteiger partial charge is 0.465 e. The number of aliphatic imine (C=N–C) groups is 1. The number of carbonyl (C=O) groups excluding carboxylic acids is 1. The Morgan fingerprint density at radius 2 is 2.00 bits per heavy atom. The first kappa shape index (κ1) is 12.1. The quantitative estimate of drug-likeness (QED) is 0.613. The lowest BCUT2D eigenvalue weighted by Gasteiger charge is -1.99. The molecular weight excluding hydrogens is 228 g/mol. The highest BCUT2D eigenvalue weighted by molar-refractivity contribution is 5.89. The lowest BCUT2D eigenvalue weighted by Crippen LogP contribution is -1.99. The molecule has 4 heteroatoms. The van der Waals surface area contributed by atoms with Gasteiger partial charge in [0.15, 0.2) is 0 Å². The van der Waals surface area contributed by atoms with Gasteiger partial charge in [0.2, 0.25) is 0 Å². The predicted molar refractivity (Wildman–Crippen MR) is 70.4 cm³/mol. The number of aryl methyl sites for hydroxylation is 1. The number of esters is 1. The van der Waals surface area contributed by atoms with E-state index in [-0.39, 0.29) is 5.97 Å². The third-order valence-corrected chi connectivity index (χ3v) is 2.62. The second-order valence-electron chi connectivity index (χ2n) is 3.84. The summed E-state index contributed by atoms with van der Waals surface area (Å²) in [5.41, 5.74) is 2.34. The van der Waals surface area contributed by atoms with Crippen LogP contribution >= 0.6 is 0 Å². The van der Waals surface area contributed by atoms with Gasteiger partial charge in [0.1, 0.15) is 0 Å². The standard InChI is InChI=1S/C14H14N2O2/c1-16-9-3-4-13(16)10-15-12-7-5-11(6-8-12)14(17)18-2/h3-10H,1-2H3. The Labute approximate surface area is 106 Å². The predicted octanol–water partition coefficient (Wildman–Crippen LogP) is 2.56. The number of rotatable bonds is 3. The molecule has 0 bridgehead atoms. The van der Waals surface area contributed by atoms with Crippen molar-refractivity contribution in [3.63, 3.8) is 0 Å². The van der Waals surface area contributed by atoms with Gasteiger partial charge < -0.3 is 9.30 Å². The van der Waals surface area contributed by atoms with Crippen LogP contribution in [0.1, 0.15) is 16.1 Å². The van der Waals surface area contributed by atoms with Gasteiger partial charge in [0, 0.05) is 13.2 Å². The summed E-state index contributed by atoms with van der Waals surface area (Å²) >= 11 is 0. The zero-order valence-electron chi connectivity index (χ0n) is 10.3. The molecule has 0 aliphatic heterocycles. The Kier molecular flexibility index (Phi) is 3.57. The van der Waals surface area contributed by atoms with E-state index in [2.05, 4.69) is 9.73 Å². The number of hydrogen-bond donors (Lipinski definition) is 0. The van der Waals surface area contributed by atoms with Gasteiger partial charge in [0.25, 0.3) is 0 Å². The Morgan fingerprint density at radius 1 is 1.28 bits per heavy atom. The molecule has 0 aliphatic carbocycles. The number of nitrogens with zero attached hydrogens (tertiary/aromatic N) is 2.